The Labute approximate surface area is 492 Å². The molecule has 0 aliphatic heterocycles. The van der Waals surface area contributed by atoms with E-state index in [2.05, 4.69) is 31.3 Å². The third kappa shape index (κ3) is 65.9. The maximum absolute atomic E-state index is 12.6. The fourth-order valence-electron chi connectivity index (χ4n) is 12.2. The largest absolute Gasteiger partial charge is 0.394 e. The summed E-state index contributed by atoms with van der Waals surface area (Å²) in [7, 11) is 0. The molecule has 3 N–H and O–H groups in total. The summed E-state index contributed by atoms with van der Waals surface area (Å²) >= 11 is 0. The highest BCUT2D eigenvalue weighted by molar-refractivity contribution is 5.76. The van der Waals surface area contributed by atoms with Gasteiger partial charge in [-0.3, -0.25) is 4.79 Å². The van der Waals surface area contributed by atoms with Crippen LogP contribution in [0.1, 0.15) is 438 Å². The summed E-state index contributed by atoms with van der Waals surface area (Å²) in [6.45, 7) is 4.42. The Morgan fingerprint density at radius 3 is 0.705 bits per heavy atom. The van der Waals surface area contributed by atoms with Crippen LogP contribution in [-0.2, 0) is 4.79 Å². The molecule has 0 saturated carbocycles. The Bertz CT molecular complexity index is 1110. The lowest BCUT2D eigenvalue weighted by molar-refractivity contribution is -0.123. The molecule has 0 saturated heterocycles. The zero-order valence-electron chi connectivity index (χ0n) is 54.0. The number of allylic oxidation sites excluding steroid dienone is 2. The summed E-state index contributed by atoms with van der Waals surface area (Å²) < 4.78 is 0. The van der Waals surface area contributed by atoms with Crippen molar-refractivity contribution in [1.29, 1.82) is 0 Å². The van der Waals surface area contributed by atoms with Gasteiger partial charge in [-0.05, 0) is 38.5 Å². The number of hydrogen-bond donors (Lipinski definition) is 3. The van der Waals surface area contributed by atoms with Crippen molar-refractivity contribution in [3.63, 3.8) is 0 Å². The summed E-state index contributed by atoms with van der Waals surface area (Å²) in [6, 6.07) is -0.535. The lowest BCUT2D eigenvalue weighted by Gasteiger charge is -2.22. The van der Waals surface area contributed by atoms with Crippen LogP contribution in [0.2, 0.25) is 0 Å². The van der Waals surface area contributed by atoms with E-state index < -0.39 is 12.1 Å². The van der Waals surface area contributed by atoms with E-state index in [1.165, 1.54) is 385 Å². The van der Waals surface area contributed by atoms with Crippen molar-refractivity contribution in [2.24, 2.45) is 0 Å². The second kappa shape index (κ2) is 70.4. The minimum Gasteiger partial charge on any atom is -0.394 e. The molecule has 4 heteroatoms. The van der Waals surface area contributed by atoms with E-state index >= 15 is 0 Å². The molecule has 1 amide bonds. The third-order valence-corrected chi connectivity index (χ3v) is 17.8. The van der Waals surface area contributed by atoms with Crippen molar-refractivity contribution in [2.45, 2.75) is 450 Å². The van der Waals surface area contributed by atoms with E-state index in [1.54, 1.807) is 0 Å². The normalized spacial score (nSPS) is 12.6. The van der Waals surface area contributed by atoms with Crippen molar-refractivity contribution >= 4 is 5.91 Å². The molecule has 0 aliphatic rings. The Morgan fingerprint density at radius 1 is 0.295 bits per heavy atom. The second-order valence-electron chi connectivity index (χ2n) is 25.7. The van der Waals surface area contributed by atoms with E-state index in [4.69, 9.17) is 0 Å². The number of aliphatic hydroxyl groups excluding tert-OH is 2. The Hall–Kier alpha value is -0.870. The number of hydrogen-bond acceptors (Lipinski definition) is 3. The van der Waals surface area contributed by atoms with Gasteiger partial charge in [0.25, 0.3) is 0 Å². The van der Waals surface area contributed by atoms with Gasteiger partial charge in [0.1, 0.15) is 0 Å². The molecule has 0 radical (unpaired) electrons. The smallest absolute Gasteiger partial charge is 0.220 e. The van der Waals surface area contributed by atoms with Crippen molar-refractivity contribution in [1.82, 2.24) is 5.32 Å². The zero-order chi connectivity index (χ0) is 56.2. The predicted octanol–water partition coefficient (Wildman–Crippen LogP) is 25.2. The van der Waals surface area contributed by atoms with Gasteiger partial charge in [-0.1, -0.05) is 405 Å². The van der Waals surface area contributed by atoms with Crippen molar-refractivity contribution in [2.75, 3.05) is 6.61 Å². The molecule has 4 nitrogen and oxygen atoms in total. The van der Waals surface area contributed by atoms with Crippen LogP contribution in [0.4, 0.5) is 0 Å². The standard InChI is InChI=1S/C74H147NO3/c1-3-5-7-9-11-13-15-17-19-21-23-25-27-29-31-33-35-37-39-41-43-45-47-49-51-53-55-57-59-61-63-65-67-69-73(77)72(71-76)75-74(78)70-68-66-64-62-60-58-56-54-52-50-48-46-44-42-40-38-36-34-32-30-28-26-24-22-20-18-16-14-12-10-8-6-4-2/h22,24,72-73,76-77H,3-21,23,25-71H2,1-2H3,(H,75,78)/b24-22-. The predicted molar refractivity (Wildman–Crippen MR) is 350 cm³/mol. The van der Waals surface area contributed by atoms with Gasteiger partial charge in [-0.2, -0.15) is 0 Å². The molecule has 2 unspecified atom stereocenters. The fraction of sp³-hybridized carbons (Fsp3) is 0.959. The Balaban J connectivity index is 3.36. The molecule has 0 rings (SSSR count). The minimum atomic E-state index is -0.658. The third-order valence-electron chi connectivity index (χ3n) is 17.8. The molecule has 0 heterocycles. The van der Waals surface area contributed by atoms with E-state index in [0.29, 0.717) is 12.8 Å². The van der Waals surface area contributed by atoms with E-state index in [0.717, 1.165) is 25.7 Å². The van der Waals surface area contributed by atoms with Gasteiger partial charge >= 0.3 is 0 Å². The van der Waals surface area contributed by atoms with E-state index in [-0.39, 0.29) is 12.5 Å². The average Bonchev–Trinajstić information content (AvgIpc) is 3.44. The van der Waals surface area contributed by atoms with Gasteiger partial charge in [0, 0.05) is 6.42 Å². The molecule has 0 aromatic heterocycles. The molecule has 78 heavy (non-hydrogen) atoms. The Morgan fingerprint density at radius 2 is 0.487 bits per heavy atom. The highest BCUT2D eigenvalue weighted by Gasteiger charge is 2.20. The lowest BCUT2D eigenvalue weighted by atomic mass is 10.0. The molecular formula is C74H147NO3. The molecule has 0 spiro atoms. The second-order valence-corrected chi connectivity index (χ2v) is 25.7. The fourth-order valence-corrected chi connectivity index (χ4v) is 12.2. The number of rotatable bonds is 70. The minimum absolute atomic E-state index is 0.0200. The Kier molecular flexibility index (Phi) is 69.6. The van der Waals surface area contributed by atoms with Gasteiger partial charge in [-0.25, -0.2) is 0 Å². The number of carbonyl (C=O) groups excluding carboxylic acids is 1. The summed E-state index contributed by atoms with van der Waals surface area (Å²) in [5.74, 6) is -0.0200. The molecule has 0 fully saturated rings. The highest BCUT2D eigenvalue weighted by atomic mass is 16.3. The van der Waals surface area contributed by atoms with Crippen molar-refractivity contribution in [3.8, 4) is 0 Å². The van der Waals surface area contributed by atoms with Crippen LogP contribution < -0.4 is 5.32 Å². The van der Waals surface area contributed by atoms with Crippen LogP contribution in [0, 0.1) is 0 Å². The molecule has 466 valence electrons. The first kappa shape index (κ1) is 77.1. The van der Waals surface area contributed by atoms with Gasteiger partial charge in [0.05, 0.1) is 18.8 Å². The van der Waals surface area contributed by atoms with E-state index in [1.807, 2.05) is 0 Å². The van der Waals surface area contributed by atoms with Crippen LogP contribution in [-0.4, -0.2) is 34.9 Å². The van der Waals surface area contributed by atoms with Crippen molar-refractivity contribution < 1.29 is 15.0 Å². The SMILES string of the molecule is CCCCCCCCCC/C=C\CCCCCCCCCCCCCCCCCCCCCCCC(=O)NC(CO)C(O)CCCCCCCCCCCCCCCCCCCCCCCCCCCCCCCCCCC. The number of nitrogens with one attached hydrogen (secondary N) is 1. The molecule has 2 atom stereocenters. The summed E-state index contributed by atoms with van der Waals surface area (Å²) in [4.78, 5) is 12.6. The van der Waals surface area contributed by atoms with Gasteiger partial charge in [0.2, 0.25) is 5.91 Å². The maximum atomic E-state index is 12.6. The zero-order valence-corrected chi connectivity index (χ0v) is 54.0. The number of carbonyl (C=O) groups is 1. The lowest BCUT2D eigenvalue weighted by Crippen LogP contribution is -2.45. The summed E-state index contributed by atoms with van der Waals surface area (Å²) in [5.41, 5.74) is 0. The van der Waals surface area contributed by atoms with Crippen LogP contribution >= 0.6 is 0 Å². The first-order chi connectivity index (χ1) is 38.7. The van der Waals surface area contributed by atoms with Gasteiger partial charge < -0.3 is 15.5 Å². The maximum Gasteiger partial charge on any atom is 0.220 e. The number of unbranched alkanes of at least 4 members (excludes halogenated alkanes) is 61. The quantitative estimate of drug-likeness (QED) is 0.0420. The van der Waals surface area contributed by atoms with Crippen LogP contribution in [0.25, 0.3) is 0 Å². The van der Waals surface area contributed by atoms with Gasteiger partial charge in [-0.15, -0.1) is 0 Å². The topological polar surface area (TPSA) is 69.6 Å². The molecule has 0 aromatic carbocycles. The van der Waals surface area contributed by atoms with Gasteiger partial charge in [0.15, 0.2) is 0 Å². The summed E-state index contributed by atoms with van der Waals surface area (Å²) in [5, 5.41) is 23.5. The average molecular weight is 1100 g/mol. The molecule has 0 aliphatic carbocycles. The van der Waals surface area contributed by atoms with Crippen LogP contribution in [0.5, 0.6) is 0 Å². The number of amides is 1. The molecular weight excluding hydrogens is 951 g/mol. The first-order valence-corrected chi connectivity index (χ1v) is 36.9. The van der Waals surface area contributed by atoms with Crippen molar-refractivity contribution in [3.05, 3.63) is 12.2 Å². The highest BCUT2D eigenvalue weighted by Crippen LogP contribution is 2.20. The number of aliphatic hydroxyl groups is 2. The summed E-state index contributed by atoms with van der Waals surface area (Å²) in [6.07, 6.45) is 94.4. The van der Waals surface area contributed by atoms with Crippen LogP contribution in [0.3, 0.4) is 0 Å². The van der Waals surface area contributed by atoms with Crippen LogP contribution in [0.15, 0.2) is 12.2 Å². The molecule has 0 bridgehead atoms. The first-order valence-electron chi connectivity index (χ1n) is 36.9. The monoisotopic (exact) mass is 1100 g/mol. The molecule has 0 aromatic rings. The van der Waals surface area contributed by atoms with E-state index in [9.17, 15) is 15.0 Å².